The van der Waals surface area contributed by atoms with Gasteiger partial charge in [-0.2, -0.15) is 5.10 Å². The lowest BCUT2D eigenvalue weighted by atomic mass is 10.1. The summed E-state index contributed by atoms with van der Waals surface area (Å²) in [6.07, 6.45) is 4.21. The maximum absolute atomic E-state index is 11.8. The van der Waals surface area contributed by atoms with E-state index in [9.17, 15) is 4.79 Å². The summed E-state index contributed by atoms with van der Waals surface area (Å²) in [6, 6.07) is 9.95. The first kappa shape index (κ1) is 16.2. The summed E-state index contributed by atoms with van der Waals surface area (Å²) in [7, 11) is 0. The van der Waals surface area contributed by atoms with E-state index in [2.05, 4.69) is 16.5 Å². The zero-order chi connectivity index (χ0) is 15.8. The van der Waals surface area contributed by atoms with E-state index in [4.69, 9.17) is 4.74 Å². The van der Waals surface area contributed by atoms with Crippen LogP contribution in [0.2, 0.25) is 0 Å². The fourth-order valence-corrected chi connectivity index (χ4v) is 2.03. The number of hydrogen-bond acceptors (Lipinski definition) is 3. The second-order valence-corrected chi connectivity index (χ2v) is 5.48. The average Bonchev–Trinajstić information content (AvgIpc) is 3.03. The maximum atomic E-state index is 11.8. The summed E-state index contributed by atoms with van der Waals surface area (Å²) in [5.74, 6) is 0.0272. The van der Waals surface area contributed by atoms with E-state index in [0.717, 1.165) is 11.1 Å². The van der Waals surface area contributed by atoms with E-state index in [1.165, 1.54) is 0 Å². The standard InChI is InChI=1S/C17H23N3O2/c1-14(2)22-13-16-6-3-5-15(11-16)12-18-17(21)7-10-20-9-4-8-19-20/h3-6,8-9,11,14H,7,10,12-13H2,1-2H3,(H,18,21). The second kappa shape index (κ2) is 8.34. The lowest BCUT2D eigenvalue weighted by molar-refractivity contribution is -0.121. The predicted molar refractivity (Wildman–Crippen MR) is 85.1 cm³/mol. The van der Waals surface area contributed by atoms with E-state index in [0.29, 0.717) is 26.1 Å². The number of aryl methyl sites for hydroxylation is 1. The van der Waals surface area contributed by atoms with Crippen molar-refractivity contribution < 1.29 is 9.53 Å². The number of nitrogens with zero attached hydrogens (tertiary/aromatic N) is 2. The minimum absolute atomic E-state index is 0.0272. The van der Waals surface area contributed by atoms with Gasteiger partial charge in [-0.25, -0.2) is 0 Å². The minimum atomic E-state index is 0.0272. The molecule has 0 bridgehead atoms. The molecule has 1 aromatic heterocycles. The van der Waals surface area contributed by atoms with Gasteiger partial charge in [-0.15, -0.1) is 0 Å². The molecule has 1 N–H and O–H groups in total. The largest absolute Gasteiger partial charge is 0.374 e. The quantitative estimate of drug-likeness (QED) is 0.815. The van der Waals surface area contributed by atoms with Gasteiger partial charge in [-0.3, -0.25) is 9.48 Å². The Morgan fingerprint density at radius 3 is 2.86 bits per heavy atom. The molecule has 1 amide bonds. The lowest BCUT2D eigenvalue weighted by Gasteiger charge is -2.10. The van der Waals surface area contributed by atoms with Crippen LogP contribution in [0.1, 0.15) is 31.4 Å². The molecule has 5 heteroatoms. The first-order chi connectivity index (χ1) is 10.6. The minimum Gasteiger partial charge on any atom is -0.374 e. The van der Waals surface area contributed by atoms with Crippen LogP contribution in [-0.4, -0.2) is 21.8 Å². The molecule has 0 spiro atoms. The summed E-state index contributed by atoms with van der Waals surface area (Å²) >= 11 is 0. The van der Waals surface area contributed by atoms with Crippen molar-refractivity contribution in [3.63, 3.8) is 0 Å². The van der Waals surface area contributed by atoms with Crippen molar-refractivity contribution in [3.8, 4) is 0 Å². The van der Waals surface area contributed by atoms with Gasteiger partial charge in [0.05, 0.1) is 12.7 Å². The molecule has 5 nitrogen and oxygen atoms in total. The molecular formula is C17H23N3O2. The van der Waals surface area contributed by atoms with Gasteiger partial charge in [-0.1, -0.05) is 24.3 Å². The Bertz CT molecular complexity index is 579. The zero-order valence-electron chi connectivity index (χ0n) is 13.2. The van der Waals surface area contributed by atoms with Crippen LogP contribution in [0.15, 0.2) is 42.7 Å². The summed E-state index contributed by atoms with van der Waals surface area (Å²) in [5.41, 5.74) is 2.20. The average molecular weight is 301 g/mol. The molecule has 0 radical (unpaired) electrons. The van der Waals surface area contributed by atoms with Crippen molar-refractivity contribution in [2.45, 2.75) is 46.1 Å². The molecule has 0 fully saturated rings. The number of aromatic nitrogens is 2. The Hall–Kier alpha value is -2.14. The molecule has 2 rings (SSSR count). The number of ether oxygens (including phenoxy) is 1. The number of amides is 1. The summed E-state index contributed by atoms with van der Waals surface area (Å²) in [6.45, 7) is 5.76. The molecule has 0 aliphatic heterocycles. The molecule has 1 aromatic carbocycles. The molecule has 2 aromatic rings. The molecule has 22 heavy (non-hydrogen) atoms. The fraction of sp³-hybridized carbons (Fsp3) is 0.412. The predicted octanol–water partition coefficient (Wildman–Crippen LogP) is 2.51. The van der Waals surface area contributed by atoms with Gasteiger partial charge in [0.25, 0.3) is 0 Å². The summed E-state index contributed by atoms with van der Waals surface area (Å²) in [4.78, 5) is 11.8. The van der Waals surface area contributed by atoms with Gasteiger partial charge in [0, 0.05) is 31.9 Å². The highest BCUT2D eigenvalue weighted by atomic mass is 16.5. The van der Waals surface area contributed by atoms with Crippen molar-refractivity contribution in [3.05, 3.63) is 53.9 Å². The number of carbonyl (C=O) groups excluding carboxylic acids is 1. The lowest BCUT2D eigenvalue weighted by Crippen LogP contribution is -2.24. The van der Waals surface area contributed by atoms with Gasteiger partial charge < -0.3 is 10.1 Å². The Morgan fingerprint density at radius 1 is 1.32 bits per heavy atom. The molecule has 0 saturated carbocycles. The Balaban J connectivity index is 1.75. The third kappa shape index (κ3) is 5.69. The van der Waals surface area contributed by atoms with Gasteiger partial charge in [0.1, 0.15) is 0 Å². The highest BCUT2D eigenvalue weighted by Gasteiger charge is 2.03. The van der Waals surface area contributed by atoms with Crippen molar-refractivity contribution in [1.82, 2.24) is 15.1 Å². The first-order valence-corrected chi connectivity index (χ1v) is 7.57. The van der Waals surface area contributed by atoms with Crippen LogP contribution in [0.5, 0.6) is 0 Å². The Morgan fingerprint density at radius 2 is 2.14 bits per heavy atom. The van der Waals surface area contributed by atoms with Crippen molar-refractivity contribution >= 4 is 5.91 Å². The number of rotatable bonds is 8. The van der Waals surface area contributed by atoms with Crippen LogP contribution in [0, 0.1) is 0 Å². The highest BCUT2D eigenvalue weighted by molar-refractivity contribution is 5.75. The normalized spacial score (nSPS) is 10.9. The third-order valence-electron chi connectivity index (χ3n) is 3.19. The van der Waals surface area contributed by atoms with Gasteiger partial charge in [0.2, 0.25) is 5.91 Å². The molecule has 0 unspecified atom stereocenters. The summed E-state index contributed by atoms with van der Waals surface area (Å²) < 4.78 is 7.34. The summed E-state index contributed by atoms with van der Waals surface area (Å²) in [5, 5.41) is 7.01. The van der Waals surface area contributed by atoms with Gasteiger partial charge in [-0.05, 0) is 31.0 Å². The van der Waals surface area contributed by atoms with E-state index >= 15 is 0 Å². The van der Waals surface area contributed by atoms with E-state index in [1.54, 1.807) is 10.9 Å². The van der Waals surface area contributed by atoms with Crippen LogP contribution < -0.4 is 5.32 Å². The first-order valence-electron chi connectivity index (χ1n) is 7.57. The zero-order valence-corrected chi connectivity index (χ0v) is 13.2. The van der Waals surface area contributed by atoms with Gasteiger partial charge >= 0.3 is 0 Å². The van der Waals surface area contributed by atoms with Crippen LogP contribution in [0.4, 0.5) is 0 Å². The molecule has 0 aliphatic rings. The van der Waals surface area contributed by atoms with E-state index in [-0.39, 0.29) is 12.0 Å². The van der Waals surface area contributed by atoms with Crippen LogP contribution >= 0.6 is 0 Å². The molecular weight excluding hydrogens is 278 g/mol. The number of hydrogen-bond donors (Lipinski definition) is 1. The number of nitrogens with one attached hydrogen (secondary N) is 1. The molecule has 118 valence electrons. The number of benzene rings is 1. The fourth-order valence-electron chi connectivity index (χ4n) is 2.03. The number of carbonyl (C=O) groups is 1. The van der Waals surface area contributed by atoms with Crippen molar-refractivity contribution in [2.75, 3.05) is 0 Å². The van der Waals surface area contributed by atoms with E-state index in [1.807, 2.05) is 44.3 Å². The molecule has 0 saturated heterocycles. The SMILES string of the molecule is CC(C)OCc1cccc(CNC(=O)CCn2cccn2)c1. The highest BCUT2D eigenvalue weighted by Crippen LogP contribution is 2.08. The van der Waals surface area contributed by atoms with Crippen LogP contribution in [0.25, 0.3) is 0 Å². The second-order valence-electron chi connectivity index (χ2n) is 5.48. The Labute approximate surface area is 131 Å². The van der Waals surface area contributed by atoms with Gasteiger partial charge in [0.15, 0.2) is 0 Å². The Kier molecular flexibility index (Phi) is 6.15. The van der Waals surface area contributed by atoms with Crippen LogP contribution in [0.3, 0.4) is 0 Å². The molecule has 1 heterocycles. The topological polar surface area (TPSA) is 56.1 Å². The molecule has 0 aliphatic carbocycles. The maximum Gasteiger partial charge on any atom is 0.222 e. The third-order valence-corrected chi connectivity index (χ3v) is 3.19. The smallest absolute Gasteiger partial charge is 0.222 e. The van der Waals surface area contributed by atoms with Crippen LogP contribution in [-0.2, 0) is 29.2 Å². The molecule has 0 atom stereocenters. The van der Waals surface area contributed by atoms with E-state index < -0.39 is 0 Å². The monoisotopic (exact) mass is 301 g/mol. The van der Waals surface area contributed by atoms with Crippen molar-refractivity contribution in [1.29, 1.82) is 0 Å². The van der Waals surface area contributed by atoms with Crippen molar-refractivity contribution in [2.24, 2.45) is 0 Å².